The average Bonchev–Trinajstić information content (AvgIpc) is 2.30. The van der Waals surface area contributed by atoms with Crippen molar-refractivity contribution in [2.75, 3.05) is 18.0 Å². The molecule has 1 aliphatic rings. The van der Waals surface area contributed by atoms with Crippen molar-refractivity contribution < 1.29 is 0 Å². The fourth-order valence-electron chi connectivity index (χ4n) is 2.23. The van der Waals surface area contributed by atoms with Crippen LogP contribution in [0.1, 0.15) is 25.5 Å². The van der Waals surface area contributed by atoms with Gasteiger partial charge >= 0.3 is 0 Å². The largest absolute Gasteiger partial charge is 0.338 e. The highest BCUT2D eigenvalue weighted by Gasteiger charge is 2.26. The second-order valence-electron chi connectivity index (χ2n) is 4.68. The van der Waals surface area contributed by atoms with E-state index in [4.69, 9.17) is 5.73 Å². The lowest BCUT2D eigenvalue weighted by molar-refractivity contribution is 0.369. The molecule has 0 aromatic carbocycles. The molecule has 2 heterocycles. The molecule has 2 atom stereocenters. The van der Waals surface area contributed by atoms with Gasteiger partial charge in [-0.1, -0.05) is 0 Å². The van der Waals surface area contributed by atoms with Crippen LogP contribution in [0.15, 0.2) is 12.3 Å². The molecule has 0 spiro atoms. The number of aryl methyl sites for hydroxylation is 1. The Labute approximate surface area is 96.9 Å². The lowest BCUT2D eigenvalue weighted by atomic mass is 9.94. The molecule has 1 fully saturated rings. The number of nitrogens with zero attached hydrogens (tertiary/aromatic N) is 3. The topological polar surface area (TPSA) is 55.0 Å². The van der Waals surface area contributed by atoms with E-state index in [0.29, 0.717) is 12.0 Å². The zero-order valence-electron chi connectivity index (χ0n) is 10.1. The fourth-order valence-corrected chi connectivity index (χ4v) is 2.23. The standard InChI is InChI=1S/C12H20N4/c1-9-5-6-14-12(15-9)16-8-11(7-13)4-3-10(16)2/h5-6,10-11H,3-4,7-8,13H2,1-2H3. The van der Waals surface area contributed by atoms with Crippen LogP contribution in [-0.4, -0.2) is 29.1 Å². The van der Waals surface area contributed by atoms with Crippen LogP contribution in [0.25, 0.3) is 0 Å². The average molecular weight is 220 g/mol. The minimum absolute atomic E-state index is 0.518. The monoisotopic (exact) mass is 220 g/mol. The van der Waals surface area contributed by atoms with Crippen LogP contribution in [0, 0.1) is 12.8 Å². The number of hydrogen-bond acceptors (Lipinski definition) is 4. The first-order valence-corrected chi connectivity index (χ1v) is 5.97. The summed E-state index contributed by atoms with van der Waals surface area (Å²) < 4.78 is 0. The van der Waals surface area contributed by atoms with Crippen LogP contribution in [0.5, 0.6) is 0 Å². The van der Waals surface area contributed by atoms with Gasteiger partial charge in [-0.2, -0.15) is 0 Å². The Morgan fingerprint density at radius 1 is 1.50 bits per heavy atom. The fraction of sp³-hybridized carbons (Fsp3) is 0.667. The van der Waals surface area contributed by atoms with Gasteiger partial charge in [-0.05, 0) is 45.2 Å². The molecule has 16 heavy (non-hydrogen) atoms. The molecule has 0 radical (unpaired) electrons. The third-order valence-electron chi connectivity index (χ3n) is 3.35. The molecule has 88 valence electrons. The number of piperidine rings is 1. The lowest BCUT2D eigenvalue weighted by Gasteiger charge is -2.37. The molecule has 1 aliphatic heterocycles. The second kappa shape index (κ2) is 4.78. The first kappa shape index (κ1) is 11.3. The van der Waals surface area contributed by atoms with Crippen molar-refractivity contribution in [2.45, 2.75) is 32.7 Å². The summed E-state index contributed by atoms with van der Waals surface area (Å²) in [6.07, 6.45) is 4.23. The Balaban J connectivity index is 2.17. The SMILES string of the molecule is Cc1ccnc(N2CC(CN)CCC2C)n1. The number of rotatable bonds is 2. The maximum atomic E-state index is 5.75. The number of anilines is 1. The molecule has 0 bridgehead atoms. The molecular weight excluding hydrogens is 200 g/mol. The summed E-state index contributed by atoms with van der Waals surface area (Å²) in [7, 11) is 0. The maximum Gasteiger partial charge on any atom is 0.225 e. The summed E-state index contributed by atoms with van der Waals surface area (Å²) >= 11 is 0. The van der Waals surface area contributed by atoms with Crippen LogP contribution in [-0.2, 0) is 0 Å². The Morgan fingerprint density at radius 2 is 2.31 bits per heavy atom. The van der Waals surface area contributed by atoms with Crippen molar-refractivity contribution in [1.82, 2.24) is 9.97 Å². The molecule has 2 rings (SSSR count). The summed E-state index contributed by atoms with van der Waals surface area (Å²) in [4.78, 5) is 11.1. The van der Waals surface area contributed by atoms with E-state index >= 15 is 0 Å². The highest BCUT2D eigenvalue weighted by Crippen LogP contribution is 2.24. The molecule has 2 N–H and O–H groups in total. The molecule has 2 unspecified atom stereocenters. The quantitative estimate of drug-likeness (QED) is 0.817. The van der Waals surface area contributed by atoms with Crippen LogP contribution < -0.4 is 10.6 Å². The maximum absolute atomic E-state index is 5.75. The molecule has 4 heteroatoms. The van der Waals surface area contributed by atoms with Crippen molar-refractivity contribution in [3.05, 3.63) is 18.0 Å². The molecule has 0 aliphatic carbocycles. The van der Waals surface area contributed by atoms with Crippen LogP contribution in [0.2, 0.25) is 0 Å². The van der Waals surface area contributed by atoms with Crippen molar-refractivity contribution in [2.24, 2.45) is 11.7 Å². The van der Waals surface area contributed by atoms with Gasteiger partial charge < -0.3 is 10.6 Å². The van der Waals surface area contributed by atoms with Crippen LogP contribution >= 0.6 is 0 Å². The van der Waals surface area contributed by atoms with Crippen molar-refractivity contribution in [3.63, 3.8) is 0 Å². The Morgan fingerprint density at radius 3 is 3.00 bits per heavy atom. The van der Waals surface area contributed by atoms with Gasteiger partial charge in [0.25, 0.3) is 0 Å². The van der Waals surface area contributed by atoms with Gasteiger partial charge in [-0.25, -0.2) is 9.97 Å². The summed E-state index contributed by atoms with van der Waals surface area (Å²) in [5, 5.41) is 0. The molecular formula is C12H20N4. The van der Waals surface area contributed by atoms with Crippen LogP contribution in [0.3, 0.4) is 0 Å². The molecule has 1 saturated heterocycles. The van der Waals surface area contributed by atoms with E-state index in [2.05, 4.69) is 21.8 Å². The molecule has 1 aromatic heterocycles. The highest BCUT2D eigenvalue weighted by atomic mass is 15.3. The Kier molecular flexibility index (Phi) is 3.39. The zero-order valence-corrected chi connectivity index (χ0v) is 10.1. The normalized spacial score (nSPS) is 25.8. The van der Waals surface area contributed by atoms with Crippen LogP contribution in [0.4, 0.5) is 5.95 Å². The first-order valence-electron chi connectivity index (χ1n) is 5.97. The van der Waals surface area contributed by atoms with E-state index in [0.717, 1.165) is 24.7 Å². The minimum Gasteiger partial charge on any atom is -0.338 e. The van der Waals surface area contributed by atoms with E-state index in [1.165, 1.54) is 12.8 Å². The van der Waals surface area contributed by atoms with E-state index in [1.54, 1.807) is 0 Å². The second-order valence-corrected chi connectivity index (χ2v) is 4.68. The first-order chi connectivity index (χ1) is 7.70. The third kappa shape index (κ3) is 2.32. The lowest BCUT2D eigenvalue weighted by Crippen LogP contribution is -2.44. The number of aromatic nitrogens is 2. The van der Waals surface area contributed by atoms with Crippen molar-refractivity contribution in [1.29, 1.82) is 0 Å². The van der Waals surface area contributed by atoms with Gasteiger partial charge in [0.15, 0.2) is 0 Å². The number of hydrogen-bond donors (Lipinski definition) is 1. The molecule has 4 nitrogen and oxygen atoms in total. The third-order valence-corrected chi connectivity index (χ3v) is 3.35. The summed E-state index contributed by atoms with van der Waals surface area (Å²) in [5.74, 6) is 1.44. The Hall–Kier alpha value is -1.16. The number of nitrogens with two attached hydrogens (primary N) is 1. The summed E-state index contributed by atoms with van der Waals surface area (Å²) in [5.41, 5.74) is 6.77. The van der Waals surface area contributed by atoms with Crippen molar-refractivity contribution in [3.8, 4) is 0 Å². The predicted molar refractivity (Wildman–Crippen MR) is 65.4 cm³/mol. The summed E-state index contributed by atoms with van der Waals surface area (Å²) in [6, 6.07) is 2.45. The van der Waals surface area contributed by atoms with E-state index in [-0.39, 0.29) is 0 Å². The van der Waals surface area contributed by atoms with E-state index in [1.807, 2.05) is 19.2 Å². The minimum atomic E-state index is 0.518. The van der Waals surface area contributed by atoms with E-state index in [9.17, 15) is 0 Å². The molecule has 0 saturated carbocycles. The predicted octanol–water partition coefficient (Wildman–Crippen LogP) is 1.35. The van der Waals surface area contributed by atoms with Gasteiger partial charge in [0.05, 0.1) is 0 Å². The smallest absolute Gasteiger partial charge is 0.225 e. The molecule has 0 amide bonds. The van der Waals surface area contributed by atoms with Crippen molar-refractivity contribution >= 4 is 5.95 Å². The van der Waals surface area contributed by atoms with Gasteiger partial charge in [0, 0.05) is 24.5 Å². The van der Waals surface area contributed by atoms with Gasteiger partial charge in [0.1, 0.15) is 0 Å². The highest BCUT2D eigenvalue weighted by molar-refractivity contribution is 5.32. The van der Waals surface area contributed by atoms with Gasteiger partial charge in [-0.3, -0.25) is 0 Å². The van der Waals surface area contributed by atoms with Gasteiger partial charge in [0.2, 0.25) is 5.95 Å². The van der Waals surface area contributed by atoms with Gasteiger partial charge in [-0.15, -0.1) is 0 Å². The Bertz CT molecular complexity index is 353. The zero-order chi connectivity index (χ0) is 11.5. The van der Waals surface area contributed by atoms with E-state index < -0.39 is 0 Å². The molecule has 1 aromatic rings. The summed E-state index contributed by atoms with van der Waals surface area (Å²) in [6.45, 7) is 5.98.